The predicted molar refractivity (Wildman–Crippen MR) is 142 cm³/mol. The summed E-state index contributed by atoms with van der Waals surface area (Å²) >= 11 is 0. The number of phenols is 2. The number of rotatable bonds is 2. The fourth-order valence-corrected chi connectivity index (χ4v) is 6.62. The Labute approximate surface area is 226 Å². The van der Waals surface area contributed by atoms with Crippen molar-refractivity contribution >= 4 is 21.7 Å². The van der Waals surface area contributed by atoms with Gasteiger partial charge >= 0.3 is 0 Å². The summed E-state index contributed by atoms with van der Waals surface area (Å²) in [6.45, 7) is 1.82. The van der Waals surface area contributed by atoms with Crippen molar-refractivity contribution in [2.45, 2.75) is 50.9 Å². The van der Waals surface area contributed by atoms with Gasteiger partial charge in [-0.2, -0.15) is 0 Å². The van der Waals surface area contributed by atoms with Gasteiger partial charge in [-0.25, -0.2) is 0 Å². The molecule has 2 aromatic carbocycles. The van der Waals surface area contributed by atoms with Crippen molar-refractivity contribution < 1.29 is 39.1 Å². The van der Waals surface area contributed by atoms with Crippen molar-refractivity contribution in [3.05, 3.63) is 54.8 Å². The predicted octanol–water partition coefficient (Wildman–Crippen LogP) is 3.12. The minimum absolute atomic E-state index is 0.0106. The van der Waals surface area contributed by atoms with Crippen molar-refractivity contribution in [3.8, 4) is 34.1 Å². The molecular formula is C29H27NO10. The summed E-state index contributed by atoms with van der Waals surface area (Å²) in [5.41, 5.74) is 0.405. The molecule has 0 saturated heterocycles. The van der Waals surface area contributed by atoms with Gasteiger partial charge in [0, 0.05) is 46.8 Å². The Balaban J connectivity index is 1.68. The van der Waals surface area contributed by atoms with Crippen LogP contribution in [0.1, 0.15) is 66.2 Å². The first-order chi connectivity index (χ1) is 19.2. The highest BCUT2D eigenvalue weighted by Gasteiger charge is 2.42. The van der Waals surface area contributed by atoms with Crippen molar-refractivity contribution in [1.29, 1.82) is 0 Å². The first-order valence-corrected chi connectivity index (χ1v) is 13.1. The summed E-state index contributed by atoms with van der Waals surface area (Å²) in [5, 5.41) is 44.8. The van der Waals surface area contributed by atoms with Gasteiger partial charge in [0.25, 0.3) is 5.56 Å². The Kier molecular flexibility index (Phi) is 5.28. The number of pyridine rings is 1. The first-order valence-electron chi connectivity index (χ1n) is 13.1. The van der Waals surface area contributed by atoms with E-state index in [4.69, 9.17) is 18.6 Å². The highest BCUT2D eigenvalue weighted by Crippen LogP contribution is 2.59. The van der Waals surface area contributed by atoms with Gasteiger partial charge < -0.3 is 43.6 Å². The summed E-state index contributed by atoms with van der Waals surface area (Å²) in [5.74, 6) is -0.472. The normalized spacial score (nSPS) is 21.1. The number of methoxy groups -OCH3 is 1. The fourth-order valence-electron chi connectivity index (χ4n) is 6.62. The zero-order valence-electron chi connectivity index (χ0n) is 22.0. The highest BCUT2D eigenvalue weighted by atomic mass is 16.7. The van der Waals surface area contributed by atoms with Crippen molar-refractivity contribution in [3.63, 3.8) is 0 Å². The monoisotopic (exact) mass is 549 g/mol. The topological polar surface area (TPSA) is 161 Å². The maximum absolute atomic E-state index is 13.8. The maximum atomic E-state index is 13.8. The van der Waals surface area contributed by atoms with Crippen molar-refractivity contribution in [1.82, 2.24) is 4.57 Å². The SMILES string of the molecule is CCc1cc2c3c4c(c(O)c2c(=O)n1C)-c1c(c(OC)c2oc5c(c(=O)c2c1O)C(O)CCC5O)CC4OCO3. The van der Waals surface area contributed by atoms with Crippen LogP contribution in [0.5, 0.6) is 23.0 Å². The molecule has 4 N–H and O–H groups in total. The third kappa shape index (κ3) is 2.99. The van der Waals surface area contributed by atoms with Gasteiger partial charge in [0.05, 0.1) is 30.3 Å². The summed E-state index contributed by atoms with van der Waals surface area (Å²) in [7, 11) is 3.00. The van der Waals surface area contributed by atoms with Crippen molar-refractivity contribution in [2.75, 3.05) is 13.9 Å². The smallest absolute Gasteiger partial charge is 0.262 e. The van der Waals surface area contributed by atoms with Crippen LogP contribution in [0.4, 0.5) is 0 Å². The number of aliphatic hydroxyl groups is 2. The van der Waals surface area contributed by atoms with Gasteiger partial charge in [0.1, 0.15) is 34.5 Å². The molecule has 0 spiro atoms. The van der Waals surface area contributed by atoms with E-state index in [1.807, 2.05) is 6.92 Å². The Hall–Kier alpha value is -4.06. The lowest BCUT2D eigenvalue weighted by molar-refractivity contribution is -0.0587. The highest BCUT2D eigenvalue weighted by molar-refractivity contribution is 6.07. The summed E-state index contributed by atoms with van der Waals surface area (Å²) in [4.78, 5) is 27.3. The van der Waals surface area contributed by atoms with E-state index in [1.54, 1.807) is 13.1 Å². The van der Waals surface area contributed by atoms with E-state index in [1.165, 1.54) is 11.7 Å². The maximum Gasteiger partial charge on any atom is 0.262 e. The number of benzene rings is 2. The standard InChI is InChI=1S/C29H27NO10/c1-4-10-7-11-17(29(36)30(10)2)23(34)20-16-12(8-15-19(20)25(11)39-9-38-15)26(37-3)28-21(22(16)33)24(35)18-13(31)5-6-14(32)27(18)40-28/h7,13-15,31-34H,4-6,8-9H2,1-3H3. The molecule has 0 fully saturated rings. The van der Waals surface area contributed by atoms with E-state index in [9.17, 15) is 30.0 Å². The van der Waals surface area contributed by atoms with Gasteiger partial charge in [0.2, 0.25) is 5.43 Å². The minimum atomic E-state index is -1.19. The van der Waals surface area contributed by atoms with Crippen LogP contribution in [0.25, 0.3) is 32.9 Å². The third-order valence-electron chi connectivity index (χ3n) is 8.54. The molecule has 3 aliphatic rings. The van der Waals surface area contributed by atoms with Crippen LogP contribution in [0.15, 0.2) is 20.1 Å². The molecule has 11 heteroatoms. The lowest BCUT2D eigenvalue weighted by atomic mass is 9.78. The quantitative estimate of drug-likeness (QED) is 0.292. The van der Waals surface area contributed by atoms with Gasteiger partial charge in [-0.1, -0.05) is 6.92 Å². The van der Waals surface area contributed by atoms with Crippen LogP contribution in [-0.2, 0) is 24.6 Å². The molecule has 3 atom stereocenters. The van der Waals surface area contributed by atoms with Gasteiger partial charge in [-0.3, -0.25) is 9.59 Å². The third-order valence-corrected chi connectivity index (χ3v) is 8.54. The summed E-state index contributed by atoms with van der Waals surface area (Å²) < 4.78 is 25.0. The van der Waals surface area contributed by atoms with Crippen LogP contribution < -0.4 is 20.5 Å². The number of hydrogen-bond acceptors (Lipinski definition) is 10. The molecule has 2 aromatic heterocycles. The molecule has 2 aliphatic carbocycles. The van der Waals surface area contributed by atoms with Crippen LogP contribution in [0.3, 0.4) is 0 Å². The average molecular weight is 550 g/mol. The molecule has 1 aliphatic heterocycles. The number of aryl methyl sites for hydroxylation is 1. The first kappa shape index (κ1) is 24.9. The molecule has 0 amide bonds. The van der Waals surface area contributed by atoms with E-state index in [-0.39, 0.29) is 76.4 Å². The summed E-state index contributed by atoms with van der Waals surface area (Å²) in [6, 6.07) is 1.80. The number of fused-ring (bicyclic) bond motifs is 6. The number of aromatic hydroxyl groups is 2. The number of phenolic OH excluding ortho intramolecular Hbond substituents is 2. The molecule has 3 heterocycles. The Morgan fingerprint density at radius 3 is 2.50 bits per heavy atom. The largest absolute Gasteiger partial charge is 0.506 e. The molecule has 11 nitrogen and oxygen atoms in total. The van der Waals surface area contributed by atoms with E-state index in [0.29, 0.717) is 28.7 Å². The zero-order valence-corrected chi connectivity index (χ0v) is 22.0. The molecule has 208 valence electrons. The van der Waals surface area contributed by atoms with E-state index >= 15 is 0 Å². The molecular weight excluding hydrogens is 522 g/mol. The molecule has 0 radical (unpaired) electrons. The second kappa shape index (κ2) is 8.47. The number of ether oxygens (including phenoxy) is 3. The number of aromatic nitrogens is 1. The van der Waals surface area contributed by atoms with E-state index in [2.05, 4.69) is 0 Å². The number of nitrogens with zero attached hydrogens (tertiary/aromatic N) is 1. The lowest BCUT2D eigenvalue weighted by Gasteiger charge is -2.35. The molecule has 4 aromatic rings. The van der Waals surface area contributed by atoms with E-state index < -0.39 is 35.0 Å². The summed E-state index contributed by atoms with van der Waals surface area (Å²) in [6.07, 6.45) is -1.84. The van der Waals surface area contributed by atoms with Crippen LogP contribution in [0, 0.1) is 0 Å². The minimum Gasteiger partial charge on any atom is -0.506 e. The Morgan fingerprint density at radius 2 is 1.77 bits per heavy atom. The molecule has 7 rings (SSSR count). The number of hydrogen-bond donors (Lipinski definition) is 4. The number of aliphatic hydroxyl groups excluding tert-OH is 2. The van der Waals surface area contributed by atoms with Gasteiger partial charge in [0.15, 0.2) is 18.1 Å². The van der Waals surface area contributed by atoms with Crippen LogP contribution >= 0.6 is 0 Å². The average Bonchev–Trinajstić information content (AvgIpc) is 2.94. The van der Waals surface area contributed by atoms with Crippen LogP contribution in [-0.4, -0.2) is 38.9 Å². The van der Waals surface area contributed by atoms with Crippen LogP contribution in [0.2, 0.25) is 0 Å². The second-order valence-corrected chi connectivity index (χ2v) is 10.5. The van der Waals surface area contributed by atoms with Gasteiger partial charge in [-0.15, -0.1) is 0 Å². The van der Waals surface area contributed by atoms with E-state index in [0.717, 1.165) is 5.69 Å². The fraction of sp³-hybridized carbons (Fsp3) is 0.379. The van der Waals surface area contributed by atoms with Gasteiger partial charge in [-0.05, 0) is 25.3 Å². The Morgan fingerprint density at radius 1 is 1.05 bits per heavy atom. The Bertz CT molecular complexity index is 1900. The lowest BCUT2D eigenvalue weighted by Crippen LogP contribution is -2.27. The molecule has 0 bridgehead atoms. The van der Waals surface area contributed by atoms with Crippen molar-refractivity contribution in [2.24, 2.45) is 7.05 Å². The second-order valence-electron chi connectivity index (χ2n) is 10.5. The molecule has 3 unspecified atom stereocenters. The molecule has 40 heavy (non-hydrogen) atoms. The molecule has 0 saturated carbocycles. The zero-order chi connectivity index (χ0) is 28.2.